The van der Waals surface area contributed by atoms with Crippen LogP contribution in [0, 0.1) is 16.7 Å². The number of hydrogen-bond donors (Lipinski definition) is 1. The highest BCUT2D eigenvalue weighted by molar-refractivity contribution is 5.68. The van der Waals surface area contributed by atoms with Crippen LogP contribution in [-0.4, -0.2) is 34.9 Å². The maximum Gasteiger partial charge on any atom is 0.303 e. The van der Waals surface area contributed by atoms with Crippen LogP contribution in [0.4, 0.5) is 0 Å². The van der Waals surface area contributed by atoms with Gasteiger partial charge in [-0.15, -0.1) is 0 Å². The van der Waals surface area contributed by atoms with Crippen molar-refractivity contribution in [3.8, 4) is 0 Å². The molecule has 0 aliphatic heterocycles. The second kappa shape index (κ2) is 7.26. The molecule has 0 heterocycles. The molecule has 1 N–H and O–H groups in total. The molecule has 29 heavy (non-hydrogen) atoms. The monoisotopic (exact) mass is 404 g/mol. The normalized spacial score (nSPS) is 39.7. The van der Waals surface area contributed by atoms with Gasteiger partial charge < -0.3 is 14.6 Å². The Hall–Kier alpha value is -1.62. The second-order valence-corrected chi connectivity index (χ2v) is 10.1. The molecule has 5 heteroatoms. The summed E-state index contributed by atoms with van der Waals surface area (Å²) in [6.45, 7) is 15.4. The predicted octanol–water partition coefficient (Wildman–Crippen LogP) is 4.48. The predicted molar refractivity (Wildman–Crippen MR) is 111 cm³/mol. The summed E-state index contributed by atoms with van der Waals surface area (Å²) in [6.07, 6.45) is 3.13. The van der Waals surface area contributed by atoms with Gasteiger partial charge in [0.15, 0.2) is 12.2 Å². The summed E-state index contributed by atoms with van der Waals surface area (Å²) in [5, 5.41) is 12.1. The standard InChI is InChI=1S/C24H36O5/c1-14(2)18-10-12-22(6)13-24(27)15(3)9-8-11-23(24,7)21(29-17(5)26)20(19(18)22)28-16(4)25/h14,20-21,27H,3,8-13H2,1-2,4-7H3/t20-,21-,22-,23+,24+/m1/s1. The minimum atomic E-state index is -1.19. The highest BCUT2D eigenvalue weighted by Gasteiger charge is 2.66. The van der Waals surface area contributed by atoms with E-state index < -0.39 is 35.2 Å². The van der Waals surface area contributed by atoms with E-state index in [1.165, 1.54) is 19.4 Å². The molecule has 3 aliphatic carbocycles. The number of carbonyl (C=O) groups excluding carboxylic acids is 2. The lowest BCUT2D eigenvalue weighted by Crippen LogP contribution is -2.59. The molecule has 0 radical (unpaired) electrons. The van der Waals surface area contributed by atoms with E-state index in [0.29, 0.717) is 12.8 Å². The molecule has 0 aromatic carbocycles. The van der Waals surface area contributed by atoms with Crippen molar-refractivity contribution >= 4 is 11.9 Å². The largest absolute Gasteiger partial charge is 0.458 e. The van der Waals surface area contributed by atoms with Crippen molar-refractivity contribution in [3.05, 3.63) is 23.3 Å². The number of carbonyl (C=O) groups is 2. The van der Waals surface area contributed by atoms with E-state index in [0.717, 1.165) is 36.8 Å². The maximum absolute atomic E-state index is 12.2. The summed E-state index contributed by atoms with van der Waals surface area (Å²) in [4.78, 5) is 24.3. The van der Waals surface area contributed by atoms with Gasteiger partial charge in [0.2, 0.25) is 0 Å². The summed E-state index contributed by atoms with van der Waals surface area (Å²) in [7, 11) is 0. The van der Waals surface area contributed by atoms with E-state index in [4.69, 9.17) is 9.47 Å². The van der Waals surface area contributed by atoms with E-state index in [2.05, 4.69) is 27.4 Å². The van der Waals surface area contributed by atoms with Crippen molar-refractivity contribution in [2.75, 3.05) is 0 Å². The molecule has 2 saturated carbocycles. The highest BCUT2D eigenvalue weighted by atomic mass is 16.6. The second-order valence-electron chi connectivity index (χ2n) is 10.1. The van der Waals surface area contributed by atoms with Gasteiger partial charge in [-0.25, -0.2) is 0 Å². The van der Waals surface area contributed by atoms with Gasteiger partial charge in [-0.2, -0.15) is 0 Å². The van der Waals surface area contributed by atoms with Crippen molar-refractivity contribution in [3.63, 3.8) is 0 Å². The Balaban J connectivity index is 2.31. The average Bonchev–Trinajstić information content (AvgIpc) is 2.90. The number of allylic oxidation sites excluding steroid dienone is 1. The van der Waals surface area contributed by atoms with Crippen LogP contribution >= 0.6 is 0 Å². The minimum Gasteiger partial charge on any atom is -0.458 e. The third-order valence-corrected chi connectivity index (χ3v) is 7.76. The first-order valence-electron chi connectivity index (χ1n) is 10.8. The number of fused-ring (bicyclic) bond motifs is 2. The first-order valence-corrected chi connectivity index (χ1v) is 10.8. The van der Waals surface area contributed by atoms with Gasteiger partial charge in [0.25, 0.3) is 0 Å². The fourth-order valence-electron chi connectivity index (χ4n) is 6.29. The van der Waals surface area contributed by atoms with Gasteiger partial charge in [0.1, 0.15) is 0 Å². The molecule has 162 valence electrons. The number of esters is 2. The number of ether oxygens (including phenoxy) is 2. The van der Waals surface area contributed by atoms with Crippen LogP contribution < -0.4 is 0 Å². The molecule has 5 nitrogen and oxygen atoms in total. The number of hydrogen-bond acceptors (Lipinski definition) is 5. The highest BCUT2D eigenvalue weighted by Crippen LogP contribution is 2.63. The molecule has 3 rings (SSSR count). The minimum absolute atomic E-state index is 0.286. The molecule has 0 spiro atoms. The van der Waals surface area contributed by atoms with Crippen LogP contribution in [0.3, 0.4) is 0 Å². The molecule has 0 aromatic heterocycles. The molecule has 0 unspecified atom stereocenters. The van der Waals surface area contributed by atoms with Crippen molar-refractivity contribution in [1.82, 2.24) is 0 Å². The zero-order valence-corrected chi connectivity index (χ0v) is 18.8. The van der Waals surface area contributed by atoms with E-state index in [9.17, 15) is 14.7 Å². The van der Waals surface area contributed by atoms with Crippen LogP contribution in [0.2, 0.25) is 0 Å². The van der Waals surface area contributed by atoms with Crippen LogP contribution in [0.25, 0.3) is 0 Å². The maximum atomic E-state index is 12.2. The fraction of sp³-hybridized carbons (Fsp3) is 0.750. The Morgan fingerprint density at radius 1 is 1.10 bits per heavy atom. The summed E-state index contributed by atoms with van der Waals surface area (Å²) < 4.78 is 11.8. The van der Waals surface area contributed by atoms with E-state index in [1.54, 1.807) is 0 Å². The lowest BCUT2D eigenvalue weighted by molar-refractivity contribution is -0.194. The lowest BCUT2D eigenvalue weighted by Gasteiger charge is -2.53. The molecule has 3 aliphatic rings. The van der Waals surface area contributed by atoms with E-state index in [-0.39, 0.29) is 11.3 Å². The van der Waals surface area contributed by atoms with Crippen molar-refractivity contribution in [2.45, 2.75) is 97.9 Å². The summed E-state index contributed by atoms with van der Waals surface area (Å²) in [5.74, 6) is -0.547. The smallest absolute Gasteiger partial charge is 0.303 e. The zero-order chi connectivity index (χ0) is 21.8. The SMILES string of the molecule is C=C1CCC[C@@]2(C)[C@H](OC(C)=O)[C@H](OC(C)=O)C3=C(C(C)C)CC[C@]3(C)C[C@]12O. The summed E-state index contributed by atoms with van der Waals surface area (Å²) in [5.41, 5.74) is 0.789. The van der Waals surface area contributed by atoms with E-state index >= 15 is 0 Å². The third kappa shape index (κ3) is 3.35. The first kappa shape index (κ1) is 22.1. The van der Waals surface area contributed by atoms with Crippen molar-refractivity contribution in [1.29, 1.82) is 0 Å². The summed E-state index contributed by atoms with van der Waals surface area (Å²) >= 11 is 0. The number of rotatable bonds is 3. The number of aliphatic hydroxyl groups is 1. The zero-order valence-electron chi connectivity index (χ0n) is 18.8. The molecule has 0 aromatic rings. The fourth-order valence-corrected chi connectivity index (χ4v) is 6.29. The van der Waals surface area contributed by atoms with Crippen LogP contribution in [0.1, 0.15) is 80.1 Å². The average molecular weight is 405 g/mol. The molecule has 0 amide bonds. The van der Waals surface area contributed by atoms with Gasteiger partial charge in [-0.05, 0) is 61.0 Å². The van der Waals surface area contributed by atoms with Crippen molar-refractivity contribution in [2.24, 2.45) is 16.7 Å². The Morgan fingerprint density at radius 2 is 1.72 bits per heavy atom. The molecule has 0 bridgehead atoms. The Labute approximate surface area is 174 Å². The van der Waals surface area contributed by atoms with Gasteiger partial charge >= 0.3 is 11.9 Å². The molecule has 2 fully saturated rings. The first-order chi connectivity index (χ1) is 13.4. The van der Waals surface area contributed by atoms with Crippen LogP contribution in [0.15, 0.2) is 23.3 Å². The quantitative estimate of drug-likeness (QED) is 0.554. The van der Waals surface area contributed by atoms with Crippen LogP contribution in [-0.2, 0) is 19.1 Å². The summed E-state index contributed by atoms with van der Waals surface area (Å²) in [6, 6.07) is 0. The van der Waals surface area contributed by atoms with Crippen LogP contribution in [0.5, 0.6) is 0 Å². The van der Waals surface area contributed by atoms with E-state index in [1.807, 2.05) is 6.92 Å². The topological polar surface area (TPSA) is 72.8 Å². The Bertz CT molecular complexity index is 765. The van der Waals surface area contributed by atoms with Gasteiger partial charge in [0, 0.05) is 19.3 Å². The third-order valence-electron chi connectivity index (χ3n) is 7.76. The Morgan fingerprint density at radius 3 is 2.28 bits per heavy atom. The van der Waals surface area contributed by atoms with Gasteiger partial charge in [-0.1, -0.05) is 39.8 Å². The van der Waals surface area contributed by atoms with Gasteiger partial charge in [0.05, 0.1) is 5.60 Å². The molecule has 0 saturated heterocycles. The molecule has 5 atom stereocenters. The van der Waals surface area contributed by atoms with Crippen molar-refractivity contribution < 1.29 is 24.2 Å². The Kier molecular flexibility index (Phi) is 5.53. The molecular formula is C24H36O5. The van der Waals surface area contributed by atoms with Gasteiger partial charge in [-0.3, -0.25) is 9.59 Å². The lowest BCUT2D eigenvalue weighted by atomic mass is 9.57. The molecular weight excluding hydrogens is 368 g/mol.